The molecule has 1 aliphatic heterocycles. The molecule has 102 valence electrons. The SMILES string of the molecule is CC(C)N1CCN(C(=O)c2ccc(F)cc2)CC1=O. The van der Waals surface area contributed by atoms with Crippen molar-refractivity contribution in [2.24, 2.45) is 0 Å². The summed E-state index contributed by atoms with van der Waals surface area (Å²) < 4.78 is 12.8. The van der Waals surface area contributed by atoms with Gasteiger partial charge in [0.05, 0.1) is 0 Å². The fraction of sp³-hybridized carbons (Fsp3) is 0.429. The van der Waals surface area contributed by atoms with Crippen LogP contribution in [0.5, 0.6) is 0 Å². The Morgan fingerprint density at radius 3 is 2.37 bits per heavy atom. The number of nitrogens with zero attached hydrogens (tertiary/aromatic N) is 2. The van der Waals surface area contributed by atoms with Gasteiger partial charge in [-0.3, -0.25) is 9.59 Å². The van der Waals surface area contributed by atoms with Gasteiger partial charge in [-0.2, -0.15) is 0 Å². The molecule has 0 unspecified atom stereocenters. The monoisotopic (exact) mass is 264 g/mol. The van der Waals surface area contributed by atoms with E-state index in [4.69, 9.17) is 0 Å². The highest BCUT2D eigenvalue weighted by Gasteiger charge is 2.28. The number of rotatable bonds is 2. The van der Waals surface area contributed by atoms with Gasteiger partial charge in [0.1, 0.15) is 12.4 Å². The first-order valence-electron chi connectivity index (χ1n) is 6.33. The summed E-state index contributed by atoms with van der Waals surface area (Å²) in [5.74, 6) is -0.647. The van der Waals surface area contributed by atoms with Crippen LogP contribution in [0, 0.1) is 5.82 Å². The molecule has 1 saturated heterocycles. The van der Waals surface area contributed by atoms with E-state index in [1.165, 1.54) is 29.2 Å². The van der Waals surface area contributed by atoms with Gasteiger partial charge in [-0.25, -0.2) is 4.39 Å². The lowest BCUT2D eigenvalue weighted by molar-refractivity contribution is -0.136. The molecule has 0 bridgehead atoms. The lowest BCUT2D eigenvalue weighted by atomic mass is 10.1. The van der Waals surface area contributed by atoms with Gasteiger partial charge in [-0.15, -0.1) is 0 Å². The smallest absolute Gasteiger partial charge is 0.254 e. The highest BCUT2D eigenvalue weighted by Crippen LogP contribution is 2.12. The topological polar surface area (TPSA) is 40.6 Å². The van der Waals surface area contributed by atoms with Crippen LogP contribution in [-0.2, 0) is 4.79 Å². The van der Waals surface area contributed by atoms with Crippen LogP contribution >= 0.6 is 0 Å². The average Bonchev–Trinajstić information content (AvgIpc) is 2.38. The number of halogens is 1. The predicted octanol–water partition coefficient (Wildman–Crippen LogP) is 1.52. The van der Waals surface area contributed by atoms with E-state index in [0.717, 1.165) is 0 Å². The van der Waals surface area contributed by atoms with Gasteiger partial charge in [-0.05, 0) is 38.1 Å². The minimum Gasteiger partial charge on any atom is -0.337 e. The fourth-order valence-electron chi connectivity index (χ4n) is 2.18. The molecule has 1 heterocycles. The molecule has 0 aromatic heterocycles. The third kappa shape index (κ3) is 2.92. The quantitative estimate of drug-likeness (QED) is 0.812. The number of piperazine rings is 1. The van der Waals surface area contributed by atoms with E-state index in [9.17, 15) is 14.0 Å². The first-order chi connectivity index (χ1) is 8.99. The van der Waals surface area contributed by atoms with E-state index >= 15 is 0 Å². The van der Waals surface area contributed by atoms with Crippen molar-refractivity contribution in [1.29, 1.82) is 0 Å². The third-order valence-electron chi connectivity index (χ3n) is 3.26. The Morgan fingerprint density at radius 1 is 1.21 bits per heavy atom. The van der Waals surface area contributed by atoms with Crippen LogP contribution < -0.4 is 0 Å². The molecule has 0 radical (unpaired) electrons. The number of hydrogen-bond donors (Lipinski definition) is 0. The van der Waals surface area contributed by atoms with Crippen molar-refractivity contribution in [3.8, 4) is 0 Å². The molecule has 1 fully saturated rings. The maximum absolute atomic E-state index is 12.8. The first-order valence-corrected chi connectivity index (χ1v) is 6.33. The van der Waals surface area contributed by atoms with E-state index < -0.39 is 0 Å². The Hall–Kier alpha value is -1.91. The van der Waals surface area contributed by atoms with Crippen molar-refractivity contribution in [3.63, 3.8) is 0 Å². The number of carbonyl (C=O) groups excluding carboxylic acids is 2. The first kappa shape index (κ1) is 13.5. The summed E-state index contributed by atoms with van der Waals surface area (Å²) >= 11 is 0. The summed E-state index contributed by atoms with van der Waals surface area (Å²) in [4.78, 5) is 27.3. The van der Waals surface area contributed by atoms with Crippen molar-refractivity contribution in [1.82, 2.24) is 9.80 Å². The van der Waals surface area contributed by atoms with Gasteiger partial charge < -0.3 is 9.80 Å². The Kier molecular flexibility index (Phi) is 3.83. The fourth-order valence-corrected chi connectivity index (χ4v) is 2.18. The summed E-state index contributed by atoms with van der Waals surface area (Å²) in [7, 11) is 0. The summed E-state index contributed by atoms with van der Waals surface area (Å²) in [6, 6.07) is 5.53. The van der Waals surface area contributed by atoms with Crippen molar-refractivity contribution < 1.29 is 14.0 Å². The average molecular weight is 264 g/mol. The zero-order chi connectivity index (χ0) is 14.0. The van der Waals surface area contributed by atoms with Crippen molar-refractivity contribution in [2.75, 3.05) is 19.6 Å². The highest BCUT2D eigenvalue weighted by molar-refractivity contribution is 5.97. The van der Waals surface area contributed by atoms with Gasteiger partial charge in [-0.1, -0.05) is 0 Å². The summed E-state index contributed by atoms with van der Waals surface area (Å²) in [6.07, 6.45) is 0. The van der Waals surface area contributed by atoms with Crippen molar-refractivity contribution >= 4 is 11.8 Å². The van der Waals surface area contributed by atoms with Crippen molar-refractivity contribution in [3.05, 3.63) is 35.6 Å². The molecule has 1 aromatic rings. The van der Waals surface area contributed by atoms with Crippen LogP contribution in [0.3, 0.4) is 0 Å². The van der Waals surface area contributed by atoms with Gasteiger partial charge >= 0.3 is 0 Å². The van der Waals surface area contributed by atoms with E-state index in [1.807, 2.05) is 13.8 Å². The van der Waals surface area contributed by atoms with E-state index in [1.54, 1.807) is 4.90 Å². The van der Waals surface area contributed by atoms with E-state index in [-0.39, 0.29) is 30.2 Å². The normalized spacial score (nSPS) is 16.1. The minimum absolute atomic E-state index is 0.0447. The standard InChI is InChI=1S/C14H17FN2O2/c1-10(2)17-8-7-16(9-13(17)18)14(19)11-3-5-12(15)6-4-11/h3-6,10H,7-9H2,1-2H3. The molecule has 1 aromatic carbocycles. The second kappa shape index (κ2) is 5.38. The van der Waals surface area contributed by atoms with Gasteiger partial charge in [0.25, 0.3) is 5.91 Å². The third-order valence-corrected chi connectivity index (χ3v) is 3.26. The lowest BCUT2D eigenvalue weighted by Crippen LogP contribution is -2.54. The molecule has 2 amide bonds. The summed E-state index contributed by atoms with van der Waals surface area (Å²) in [5, 5.41) is 0. The molecule has 19 heavy (non-hydrogen) atoms. The minimum atomic E-state index is -0.378. The molecule has 0 saturated carbocycles. The second-order valence-corrected chi connectivity index (χ2v) is 4.91. The number of benzene rings is 1. The van der Waals surface area contributed by atoms with Gasteiger partial charge in [0.15, 0.2) is 0 Å². The molecule has 0 spiro atoms. The number of carbonyl (C=O) groups is 2. The van der Waals surface area contributed by atoms with E-state index in [2.05, 4.69) is 0 Å². The maximum Gasteiger partial charge on any atom is 0.254 e. The Labute approximate surface area is 111 Å². The summed E-state index contributed by atoms with van der Waals surface area (Å²) in [6.45, 7) is 5.06. The molecule has 1 aliphatic rings. The largest absolute Gasteiger partial charge is 0.337 e. The second-order valence-electron chi connectivity index (χ2n) is 4.91. The highest BCUT2D eigenvalue weighted by atomic mass is 19.1. The van der Waals surface area contributed by atoms with Crippen LogP contribution in [0.4, 0.5) is 4.39 Å². The Morgan fingerprint density at radius 2 is 1.84 bits per heavy atom. The summed E-state index contributed by atoms with van der Waals surface area (Å²) in [5.41, 5.74) is 0.409. The Balaban J connectivity index is 2.06. The lowest BCUT2D eigenvalue weighted by Gasteiger charge is -2.36. The number of hydrogen-bond acceptors (Lipinski definition) is 2. The van der Waals surface area contributed by atoms with Crippen LogP contribution in [0.25, 0.3) is 0 Å². The zero-order valence-electron chi connectivity index (χ0n) is 11.1. The molecule has 0 atom stereocenters. The van der Waals surface area contributed by atoms with Crippen LogP contribution in [0.2, 0.25) is 0 Å². The maximum atomic E-state index is 12.8. The zero-order valence-corrected chi connectivity index (χ0v) is 11.1. The molecule has 0 N–H and O–H groups in total. The Bertz CT molecular complexity index is 485. The van der Waals surface area contributed by atoms with Crippen LogP contribution in [-0.4, -0.2) is 47.3 Å². The molecular formula is C14H17FN2O2. The van der Waals surface area contributed by atoms with Crippen LogP contribution in [0.15, 0.2) is 24.3 Å². The van der Waals surface area contributed by atoms with Crippen molar-refractivity contribution in [2.45, 2.75) is 19.9 Å². The molecule has 0 aliphatic carbocycles. The molecule has 2 rings (SSSR count). The van der Waals surface area contributed by atoms with Gasteiger partial charge in [0.2, 0.25) is 5.91 Å². The van der Waals surface area contributed by atoms with E-state index in [0.29, 0.717) is 18.7 Å². The number of amides is 2. The van der Waals surface area contributed by atoms with Crippen LogP contribution in [0.1, 0.15) is 24.2 Å². The van der Waals surface area contributed by atoms with Gasteiger partial charge in [0, 0.05) is 24.7 Å². The molecule has 5 heteroatoms. The molecule has 4 nitrogen and oxygen atoms in total. The molecular weight excluding hydrogens is 247 g/mol. The predicted molar refractivity (Wildman–Crippen MR) is 69.2 cm³/mol.